The highest BCUT2D eigenvalue weighted by Crippen LogP contribution is 2.17. The van der Waals surface area contributed by atoms with Crippen LogP contribution in [0.1, 0.15) is 0 Å². The van der Waals surface area contributed by atoms with Gasteiger partial charge in [-0.3, -0.25) is 0 Å². The first kappa shape index (κ1) is 9.85. The summed E-state index contributed by atoms with van der Waals surface area (Å²) in [5.41, 5.74) is 5.38. The van der Waals surface area contributed by atoms with Crippen molar-refractivity contribution < 1.29 is 25.2 Å². The minimum absolute atomic E-state index is 0.401. The van der Waals surface area contributed by atoms with E-state index < -0.39 is 37.3 Å². The fraction of sp³-hybridized carbons (Fsp3) is 1.00. The van der Waals surface area contributed by atoms with Crippen molar-refractivity contribution in [2.24, 2.45) is 5.73 Å². The van der Waals surface area contributed by atoms with Crippen molar-refractivity contribution in [2.45, 2.75) is 30.6 Å². The average molecular weight is 179 g/mol. The number of hydrogen-bond acceptors (Lipinski definition) is 6. The minimum atomic E-state index is -1.49. The molecule has 1 unspecified atom stereocenters. The van der Waals surface area contributed by atoms with E-state index >= 15 is 0 Å². The molecule has 6 nitrogen and oxygen atoms in total. The maximum atomic E-state index is 9.19. The number of nitrogens with two attached hydrogens (primary N) is 1. The molecule has 0 aromatic heterocycles. The zero-order valence-electron chi connectivity index (χ0n) is 6.37. The van der Waals surface area contributed by atoms with E-state index in [-0.39, 0.29) is 0 Å². The second kappa shape index (κ2) is 3.65. The molecule has 0 saturated carbocycles. The largest absolute Gasteiger partial charge is 0.394 e. The Kier molecular flexibility index (Phi) is 2.99. The highest BCUT2D eigenvalue weighted by atomic mass is 16.6. The molecule has 1 aliphatic rings. The van der Waals surface area contributed by atoms with Crippen LogP contribution in [-0.4, -0.2) is 57.7 Å². The first-order valence-electron chi connectivity index (χ1n) is 3.64. The van der Waals surface area contributed by atoms with E-state index in [4.69, 9.17) is 25.8 Å². The second-order valence-corrected chi connectivity index (χ2v) is 2.81. The fourth-order valence-corrected chi connectivity index (χ4v) is 1.13. The molecule has 0 bridgehead atoms. The molecule has 0 amide bonds. The standard InChI is InChI=1S/C6H13NO5/c7-3-2(1-8)12-6(11)5(10)4(3)9/h2-6,8-11H,1,7H2/t2-,3-,4+,5-,6?/m1/s1. The normalized spacial score (nSPS) is 49.2. The Balaban J connectivity index is 2.63. The Labute approximate surface area is 69.2 Å². The third-order valence-corrected chi connectivity index (χ3v) is 1.96. The Morgan fingerprint density at radius 2 is 1.75 bits per heavy atom. The lowest BCUT2D eigenvalue weighted by Crippen LogP contribution is -2.61. The monoisotopic (exact) mass is 179 g/mol. The van der Waals surface area contributed by atoms with Crippen LogP contribution in [0.15, 0.2) is 0 Å². The summed E-state index contributed by atoms with van der Waals surface area (Å²) in [5, 5.41) is 35.9. The molecule has 5 atom stereocenters. The highest BCUT2D eigenvalue weighted by Gasteiger charge is 2.41. The Morgan fingerprint density at radius 3 is 2.25 bits per heavy atom. The van der Waals surface area contributed by atoms with Gasteiger partial charge in [0.15, 0.2) is 6.29 Å². The van der Waals surface area contributed by atoms with Crippen LogP contribution < -0.4 is 5.73 Å². The summed E-state index contributed by atoms with van der Waals surface area (Å²) in [7, 11) is 0. The van der Waals surface area contributed by atoms with E-state index in [0.29, 0.717) is 0 Å². The summed E-state index contributed by atoms with van der Waals surface area (Å²) in [4.78, 5) is 0. The smallest absolute Gasteiger partial charge is 0.183 e. The Morgan fingerprint density at radius 1 is 1.17 bits per heavy atom. The van der Waals surface area contributed by atoms with Gasteiger partial charge in [0.05, 0.1) is 12.6 Å². The molecule has 0 aliphatic carbocycles. The number of aliphatic hydroxyl groups excluding tert-OH is 4. The van der Waals surface area contributed by atoms with Crippen molar-refractivity contribution in [1.82, 2.24) is 0 Å². The topological polar surface area (TPSA) is 116 Å². The van der Waals surface area contributed by atoms with Gasteiger partial charge in [0, 0.05) is 0 Å². The van der Waals surface area contributed by atoms with Crippen molar-refractivity contribution in [3.8, 4) is 0 Å². The third kappa shape index (κ3) is 1.58. The molecule has 0 spiro atoms. The molecule has 12 heavy (non-hydrogen) atoms. The van der Waals surface area contributed by atoms with Gasteiger partial charge in [0.25, 0.3) is 0 Å². The molecule has 72 valence electrons. The lowest BCUT2D eigenvalue weighted by Gasteiger charge is -2.38. The molecule has 6 heteroatoms. The number of rotatable bonds is 1. The predicted molar refractivity (Wildman–Crippen MR) is 38.0 cm³/mol. The van der Waals surface area contributed by atoms with Crippen LogP contribution in [-0.2, 0) is 4.74 Å². The van der Waals surface area contributed by atoms with Crippen molar-refractivity contribution in [3.63, 3.8) is 0 Å². The lowest BCUT2D eigenvalue weighted by molar-refractivity contribution is -0.258. The Hall–Kier alpha value is -0.240. The van der Waals surface area contributed by atoms with E-state index in [9.17, 15) is 5.11 Å². The van der Waals surface area contributed by atoms with Crippen molar-refractivity contribution >= 4 is 0 Å². The van der Waals surface area contributed by atoms with Crippen LogP contribution in [0.25, 0.3) is 0 Å². The molecule has 0 aromatic rings. The van der Waals surface area contributed by atoms with E-state index in [2.05, 4.69) is 0 Å². The van der Waals surface area contributed by atoms with Gasteiger partial charge in [0.2, 0.25) is 0 Å². The molecule has 1 saturated heterocycles. The van der Waals surface area contributed by atoms with Crippen molar-refractivity contribution in [1.29, 1.82) is 0 Å². The predicted octanol–water partition coefficient (Wildman–Crippen LogP) is -3.26. The van der Waals surface area contributed by atoms with Gasteiger partial charge in [-0.2, -0.15) is 0 Å². The molecule has 6 N–H and O–H groups in total. The molecule has 0 aromatic carbocycles. The summed E-state index contributed by atoms with van der Waals surface area (Å²) >= 11 is 0. The summed E-state index contributed by atoms with van der Waals surface area (Å²) in [6.07, 6.45) is -5.01. The summed E-state index contributed by atoms with van der Waals surface area (Å²) in [6.45, 7) is -0.401. The number of hydrogen-bond donors (Lipinski definition) is 5. The molecule has 1 aliphatic heterocycles. The Bertz CT molecular complexity index is 150. The maximum Gasteiger partial charge on any atom is 0.183 e. The lowest BCUT2D eigenvalue weighted by atomic mass is 9.98. The van der Waals surface area contributed by atoms with Crippen LogP contribution in [0.5, 0.6) is 0 Å². The van der Waals surface area contributed by atoms with Gasteiger partial charge >= 0.3 is 0 Å². The quantitative estimate of drug-likeness (QED) is 0.288. The van der Waals surface area contributed by atoms with E-state index in [0.717, 1.165) is 0 Å². The van der Waals surface area contributed by atoms with Gasteiger partial charge in [-0.15, -0.1) is 0 Å². The summed E-state index contributed by atoms with van der Waals surface area (Å²) in [5.74, 6) is 0. The molecular weight excluding hydrogens is 166 g/mol. The third-order valence-electron chi connectivity index (χ3n) is 1.96. The van der Waals surface area contributed by atoms with Gasteiger partial charge in [0.1, 0.15) is 18.3 Å². The van der Waals surface area contributed by atoms with Gasteiger partial charge in [-0.25, -0.2) is 0 Å². The van der Waals surface area contributed by atoms with Gasteiger partial charge in [-0.05, 0) is 0 Å². The maximum absolute atomic E-state index is 9.19. The first-order chi connectivity index (χ1) is 5.57. The van der Waals surface area contributed by atoms with E-state index in [1.165, 1.54) is 0 Å². The van der Waals surface area contributed by atoms with Crippen molar-refractivity contribution in [2.75, 3.05) is 6.61 Å². The van der Waals surface area contributed by atoms with Crippen LogP contribution in [0.2, 0.25) is 0 Å². The zero-order chi connectivity index (χ0) is 9.30. The van der Waals surface area contributed by atoms with Crippen LogP contribution in [0.3, 0.4) is 0 Å². The first-order valence-corrected chi connectivity index (χ1v) is 3.64. The van der Waals surface area contributed by atoms with E-state index in [1.807, 2.05) is 0 Å². The van der Waals surface area contributed by atoms with Gasteiger partial charge < -0.3 is 30.9 Å². The number of ether oxygens (including phenoxy) is 1. The fourth-order valence-electron chi connectivity index (χ4n) is 1.13. The van der Waals surface area contributed by atoms with E-state index in [1.54, 1.807) is 0 Å². The molecular formula is C6H13NO5. The summed E-state index contributed by atoms with van der Waals surface area (Å²) in [6, 6.07) is -0.881. The molecule has 0 radical (unpaired) electrons. The van der Waals surface area contributed by atoms with Crippen LogP contribution in [0.4, 0.5) is 0 Å². The second-order valence-electron chi connectivity index (χ2n) is 2.81. The van der Waals surface area contributed by atoms with Gasteiger partial charge in [-0.1, -0.05) is 0 Å². The molecule has 1 rings (SSSR count). The highest BCUT2D eigenvalue weighted by molar-refractivity contribution is 4.90. The SMILES string of the molecule is N[C@H]1[C@H](O)[C@@H](O)C(O)O[C@@H]1CO. The average Bonchev–Trinajstić information content (AvgIpc) is 2.08. The minimum Gasteiger partial charge on any atom is -0.394 e. The summed E-state index contributed by atoms with van der Waals surface area (Å²) < 4.78 is 4.70. The zero-order valence-corrected chi connectivity index (χ0v) is 6.37. The van der Waals surface area contributed by atoms with Crippen LogP contribution >= 0.6 is 0 Å². The van der Waals surface area contributed by atoms with Crippen molar-refractivity contribution in [3.05, 3.63) is 0 Å². The van der Waals surface area contributed by atoms with Crippen LogP contribution in [0, 0.1) is 0 Å². The number of aliphatic hydroxyl groups is 4. The molecule has 1 fully saturated rings. The molecule has 1 heterocycles.